The molecule has 122 valence electrons. The lowest BCUT2D eigenvalue weighted by atomic mass is 10.0. The summed E-state index contributed by atoms with van der Waals surface area (Å²) in [6.45, 7) is 12.4. The third-order valence-corrected chi connectivity index (χ3v) is 4.11. The summed E-state index contributed by atoms with van der Waals surface area (Å²) < 4.78 is 5.47. The summed E-state index contributed by atoms with van der Waals surface area (Å²) in [4.78, 5) is 16.5. The largest absolute Gasteiger partial charge is 0.444 e. The molecule has 0 bridgehead atoms. The fraction of sp³-hybridized carbons (Fsp3) is 0.611. The Morgan fingerprint density at radius 3 is 2.41 bits per heavy atom. The molecule has 0 aromatic heterocycles. The molecule has 4 heteroatoms. The standard InChI is InChI=1S/C18H28N2O2/c1-14-13-19(17(21)22-18(3,4)5)11-12-20(14)15(2)16-9-7-6-8-10-16/h6-10,14-15H,11-13H2,1-5H3. The predicted molar refractivity (Wildman–Crippen MR) is 88.8 cm³/mol. The molecule has 1 heterocycles. The number of carbonyl (C=O) groups is 1. The molecule has 0 aliphatic carbocycles. The number of rotatable bonds is 2. The van der Waals surface area contributed by atoms with Crippen LogP contribution in [0.2, 0.25) is 0 Å². The lowest BCUT2D eigenvalue weighted by Crippen LogP contribution is -2.54. The van der Waals surface area contributed by atoms with Crippen LogP contribution >= 0.6 is 0 Å². The molecule has 1 aliphatic rings. The maximum Gasteiger partial charge on any atom is 0.410 e. The van der Waals surface area contributed by atoms with Crippen LogP contribution in [0.25, 0.3) is 0 Å². The zero-order valence-corrected chi connectivity index (χ0v) is 14.4. The van der Waals surface area contributed by atoms with E-state index >= 15 is 0 Å². The van der Waals surface area contributed by atoms with Crippen molar-refractivity contribution in [3.8, 4) is 0 Å². The monoisotopic (exact) mass is 304 g/mol. The van der Waals surface area contributed by atoms with E-state index in [1.165, 1.54) is 5.56 Å². The topological polar surface area (TPSA) is 32.8 Å². The molecule has 1 aromatic carbocycles. The first kappa shape index (κ1) is 16.8. The Morgan fingerprint density at radius 2 is 1.86 bits per heavy atom. The van der Waals surface area contributed by atoms with E-state index in [4.69, 9.17) is 4.74 Å². The summed E-state index contributed by atoms with van der Waals surface area (Å²) in [5.41, 5.74) is 0.884. The van der Waals surface area contributed by atoms with Gasteiger partial charge in [-0.15, -0.1) is 0 Å². The normalized spacial score (nSPS) is 21.5. The molecular weight excluding hydrogens is 276 g/mol. The molecular formula is C18H28N2O2. The van der Waals surface area contributed by atoms with Crippen molar-refractivity contribution in [1.29, 1.82) is 0 Å². The number of hydrogen-bond donors (Lipinski definition) is 0. The van der Waals surface area contributed by atoms with Crippen molar-refractivity contribution in [2.45, 2.75) is 52.3 Å². The number of ether oxygens (including phenoxy) is 1. The number of hydrogen-bond acceptors (Lipinski definition) is 3. The number of carbonyl (C=O) groups excluding carboxylic acids is 1. The van der Waals surface area contributed by atoms with Crippen LogP contribution in [-0.4, -0.2) is 47.2 Å². The Balaban J connectivity index is 1.97. The van der Waals surface area contributed by atoms with E-state index in [0.29, 0.717) is 18.6 Å². The first-order chi connectivity index (χ1) is 10.3. The summed E-state index contributed by atoms with van der Waals surface area (Å²) in [7, 11) is 0. The second-order valence-corrected chi connectivity index (χ2v) is 7.10. The van der Waals surface area contributed by atoms with Crippen molar-refractivity contribution in [2.75, 3.05) is 19.6 Å². The van der Waals surface area contributed by atoms with Gasteiger partial charge in [0.2, 0.25) is 0 Å². The highest BCUT2D eigenvalue weighted by Gasteiger charge is 2.32. The Labute approximate surface area is 134 Å². The molecule has 0 spiro atoms. The van der Waals surface area contributed by atoms with Gasteiger partial charge in [0.15, 0.2) is 0 Å². The highest BCUT2D eigenvalue weighted by molar-refractivity contribution is 5.68. The molecule has 0 N–H and O–H groups in total. The Morgan fingerprint density at radius 1 is 1.23 bits per heavy atom. The summed E-state index contributed by atoms with van der Waals surface area (Å²) >= 11 is 0. The quantitative estimate of drug-likeness (QED) is 0.835. The molecule has 1 amide bonds. The zero-order valence-electron chi connectivity index (χ0n) is 14.4. The predicted octanol–water partition coefficient (Wildman–Crippen LogP) is 3.69. The molecule has 1 aliphatic heterocycles. The van der Waals surface area contributed by atoms with Crippen LogP contribution in [0.15, 0.2) is 30.3 Å². The molecule has 1 aromatic rings. The Hall–Kier alpha value is -1.55. The number of nitrogens with zero attached hydrogens (tertiary/aromatic N) is 2. The maximum atomic E-state index is 12.2. The smallest absolute Gasteiger partial charge is 0.410 e. The van der Waals surface area contributed by atoms with E-state index in [0.717, 1.165) is 13.1 Å². The minimum Gasteiger partial charge on any atom is -0.444 e. The molecule has 2 unspecified atom stereocenters. The van der Waals surface area contributed by atoms with Gasteiger partial charge in [-0.1, -0.05) is 30.3 Å². The van der Waals surface area contributed by atoms with Crippen molar-refractivity contribution >= 4 is 6.09 Å². The molecule has 0 radical (unpaired) electrons. The number of amides is 1. The molecule has 22 heavy (non-hydrogen) atoms. The van der Waals surface area contributed by atoms with Crippen molar-refractivity contribution in [1.82, 2.24) is 9.80 Å². The highest BCUT2D eigenvalue weighted by atomic mass is 16.6. The summed E-state index contributed by atoms with van der Waals surface area (Å²) in [6.07, 6.45) is -0.202. The van der Waals surface area contributed by atoms with Gasteiger partial charge in [0, 0.05) is 31.7 Å². The molecule has 1 saturated heterocycles. The fourth-order valence-corrected chi connectivity index (χ4v) is 2.96. The van der Waals surface area contributed by atoms with Gasteiger partial charge >= 0.3 is 6.09 Å². The zero-order chi connectivity index (χ0) is 16.3. The van der Waals surface area contributed by atoms with Crippen LogP contribution in [0.3, 0.4) is 0 Å². The van der Waals surface area contributed by atoms with Crippen LogP contribution in [0.5, 0.6) is 0 Å². The van der Waals surface area contributed by atoms with Crippen LogP contribution < -0.4 is 0 Å². The van der Waals surface area contributed by atoms with Crippen LogP contribution in [0.1, 0.15) is 46.2 Å². The van der Waals surface area contributed by atoms with Crippen LogP contribution in [0, 0.1) is 0 Å². The first-order valence-corrected chi connectivity index (χ1v) is 8.06. The van der Waals surface area contributed by atoms with Crippen LogP contribution in [-0.2, 0) is 4.74 Å². The highest BCUT2D eigenvalue weighted by Crippen LogP contribution is 2.25. The lowest BCUT2D eigenvalue weighted by molar-refractivity contribution is -0.000711. The molecule has 1 fully saturated rings. The van der Waals surface area contributed by atoms with Gasteiger partial charge < -0.3 is 9.64 Å². The molecule has 2 rings (SSSR count). The van der Waals surface area contributed by atoms with Gasteiger partial charge in [-0.25, -0.2) is 4.79 Å². The van der Waals surface area contributed by atoms with Gasteiger partial charge in [-0.05, 0) is 40.2 Å². The third-order valence-electron chi connectivity index (χ3n) is 4.11. The number of piperazine rings is 1. The minimum atomic E-state index is -0.436. The fourth-order valence-electron chi connectivity index (χ4n) is 2.96. The van der Waals surface area contributed by atoms with Crippen molar-refractivity contribution < 1.29 is 9.53 Å². The minimum absolute atomic E-state index is 0.202. The third kappa shape index (κ3) is 4.23. The van der Waals surface area contributed by atoms with Gasteiger partial charge in [0.05, 0.1) is 0 Å². The molecule has 0 saturated carbocycles. The summed E-state index contributed by atoms with van der Waals surface area (Å²) in [6, 6.07) is 11.2. The second-order valence-electron chi connectivity index (χ2n) is 7.10. The van der Waals surface area contributed by atoms with Gasteiger partial charge in [0.25, 0.3) is 0 Å². The summed E-state index contributed by atoms with van der Waals surface area (Å²) in [5.74, 6) is 0. The second kappa shape index (κ2) is 6.69. The Bertz CT molecular complexity index is 496. The van der Waals surface area contributed by atoms with Gasteiger partial charge in [-0.3, -0.25) is 4.90 Å². The summed E-state index contributed by atoms with van der Waals surface area (Å²) in [5, 5.41) is 0. The SMILES string of the molecule is CC1CN(C(=O)OC(C)(C)C)CCN1C(C)c1ccccc1. The lowest BCUT2D eigenvalue weighted by Gasteiger charge is -2.43. The maximum absolute atomic E-state index is 12.2. The first-order valence-electron chi connectivity index (χ1n) is 8.06. The molecule has 2 atom stereocenters. The van der Waals surface area contributed by atoms with Crippen molar-refractivity contribution in [2.24, 2.45) is 0 Å². The van der Waals surface area contributed by atoms with Gasteiger partial charge in [0.1, 0.15) is 5.60 Å². The van der Waals surface area contributed by atoms with Crippen LogP contribution in [0.4, 0.5) is 4.79 Å². The molecule has 4 nitrogen and oxygen atoms in total. The van der Waals surface area contributed by atoms with Crippen molar-refractivity contribution in [3.63, 3.8) is 0 Å². The average Bonchev–Trinajstić information content (AvgIpc) is 2.45. The van der Waals surface area contributed by atoms with E-state index in [9.17, 15) is 4.79 Å². The van der Waals surface area contributed by atoms with Gasteiger partial charge in [-0.2, -0.15) is 0 Å². The van der Waals surface area contributed by atoms with Crippen molar-refractivity contribution in [3.05, 3.63) is 35.9 Å². The van der Waals surface area contributed by atoms with E-state index in [-0.39, 0.29) is 6.09 Å². The van der Waals surface area contributed by atoms with E-state index in [1.807, 2.05) is 31.7 Å². The Kier molecular flexibility index (Phi) is 5.12. The van der Waals surface area contributed by atoms with E-state index in [2.05, 4.69) is 43.0 Å². The van der Waals surface area contributed by atoms with E-state index in [1.54, 1.807) is 0 Å². The number of benzene rings is 1. The average molecular weight is 304 g/mol. The van der Waals surface area contributed by atoms with E-state index < -0.39 is 5.60 Å².